The largest absolute Gasteiger partial charge is 0.453 e. The van der Waals surface area contributed by atoms with E-state index in [1.807, 2.05) is 30.3 Å². The van der Waals surface area contributed by atoms with Gasteiger partial charge in [0.1, 0.15) is 0 Å². The van der Waals surface area contributed by atoms with Crippen LogP contribution in [0.4, 0.5) is 4.79 Å². The quantitative estimate of drug-likeness (QED) is 0.823. The maximum absolute atomic E-state index is 11.5. The van der Waals surface area contributed by atoms with Crippen molar-refractivity contribution in [2.45, 2.75) is 13.0 Å². The molecule has 16 heavy (non-hydrogen) atoms. The fourth-order valence-corrected chi connectivity index (χ4v) is 1.45. The van der Waals surface area contributed by atoms with Gasteiger partial charge in [-0.15, -0.1) is 0 Å². The van der Waals surface area contributed by atoms with Crippen molar-refractivity contribution >= 4 is 6.09 Å². The zero-order valence-electron chi connectivity index (χ0n) is 9.56. The maximum atomic E-state index is 11.5. The molecule has 0 aliphatic carbocycles. The average Bonchev–Trinajstić information content (AvgIpc) is 2.34. The normalized spacial score (nSPS) is 9.88. The van der Waals surface area contributed by atoms with Crippen LogP contribution in [0.5, 0.6) is 0 Å². The Morgan fingerprint density at radius 3 is 2.62 bits per heavy atom. The number of methoxy groups -OCH3 is 1. The van der Waals surface area contributed by atoms with Gasteiger partial charge in [-0.25, -0.2) is 4.79 Å². The third-order valence-corrected chi connectivity index (χ3v) is 2.28. The summed E-state index contributed by atoms with van der Waals surface area (Å²) in [6.45, 7) is 1.76. The van der Waals surface area contributed by atoms with Crippen molar-refractivity contribution < 1.29 is 9.53 Å². The molecule has 1 rings (SSSR count). The number of hydrogen-bond acceptors (Lipinski definition) is 3. The molecule has 0 aliphatic rings. The van der Waals surface area contributed by atoms with Crippen molar-refractivity contribution in [2.24, 2.45) is 5.73 Å². The topological polar surface area (TPSA) is 55.6 Å². The van der Waals surface area contributed by atoms with Crippen LogP contribution in [-0.4, -0.2) is 31.2 Å². The van der Waals surface area contributed by atoms with Gasteiger partial charge in [0.25, 0.3) is 0 Å². The number of nitrogens with zero attached hydrogens (tertiary/aromatic N) is 1. The van der Waals surface area contributed by atoms with Crippen LogP contribution < -0.4 is 5.73 Å². The average molecular weight is 222 g/mol. The zero-order valence-corrected chi connectivity index (χ0v) is 9.56. The number of carbonyl (C=O) groups excluding carboxylic acids is 1. The van der Waals surface area contributed by atoms with Crippen LogP contribution in [-0.2, 0) is 11.3 Å². The number of nitrogens with two attached hydrogens (primary N) is 1. The molecule has 0 spiro atoms. The first-order valence-electron chi connectivity index (χ1n) is 5.35. The minimum Gasteiger partial charge on any atom is -0.453 e. The third kappa shape index (κ3) is 3.90. The smallest absolute Gasteiger partial charge is 0.409 e. The second kappa shape index (κ2) is 6.85. The van der Waals surface area contributed by atoms with Crippen LogP contribution in [0.2, 0.25) is 0 Å². The summed E-state index contributed by atoms with van der Waals surface area (Å²) >= 11 is 0. The number of carbonyl (C=O) groups is 1. The first-order chi connectivity index (χ1) is 7.77. The second-order valence-electron chi connectivity index (χ2n) is 3.52. The van der Waals surface area contributed by atoms with Gasteiger partial charge >= 0.3 is 6.09 Å². The van der Waals surface area contributed by atoms with Gasteiger partial charge in [-0.3, -0.25) is 0 Å². The summed E-state index contributed by atoms with van der Waals surface area (Å²) in [5.41, 5.74) is 6.52. The lowest BCUT2D eigenvalue weighted by atomic mass is 10.2. The number of benzene rings is 1. The second-order valence-corrected chi connectivity index (χ2v) is 3.52. The summed E-state index contributed by atoms with van der Waals surface area (Å²) in [6.07, 6.45) is 0.472. The van der Waals surface area contributed by atoms with Crippen molar-refractivity contribution in [2.75, 3.05) is 20.2 Å². The highest BCUT2D eigenvalue weighted by Crippen LogP contribution is 2.06. The number of rotatable bonds is 5. The molecule has 0 saturated heterocycles. The molecular formula is C12H18N2O2. The highest BCUT2D eigenvalue weighted by Gasteiger charge is 2.12. The van der Waals surface area contributed by atoms with E-state index in [2.05, 4.69) is 0 Å². The molecule has 1 amide bonds. The molecule has 4 heteroatoms. The van der Waals surface area contributed by atoms with E-state index in [-0.39, 0.29) is 6.09 Å². The third-order valence-electron chi connectivity index (χ3n) is 2.28. The summed E-state index contributed by atoms with van der Waals surface area (Å²) in [5, 5.41) is 0. The van der Waals surface area contributed by atoms with Crippen LogP contribution >= 0.6 is 0 Å². The van der Waals surface area contributed by atoms with E-state index < -0.39 is 0 Å². The van der Waals surface area contributed by atoms with Gasteiger partial charge in [-0.05, 0) is 18.5 Å². The van der Waals surface area contributed by atoms with Gasteiger partial charge in [0, 0.05) is 13.1 Å². The zero-order chi connectivity index (χ0) is 11.8. The van der Waals surface area contributed by atoms with Gasteiger partial charge in [0.2, 0.25) is 0 Å². The standard InChI is InChI=1S/C12H18N2O2/c1-16-12(15)14(9-5-8-13)10-11-6-3-2-4-7-11/h2-4,6-7H,5,8-10,13H2,1H3. The fraction of sp³-hybridized carbons (Fsp3) is 0.417. The molecule has 4 nitrogen and oxygen atoms in total. The highest BCUT2D eigenvalue weighted by molar-refractivity contribution is 5.67. The summed E-state index contributed by atoms with van der Waals surface area (Å²) in [6, 6.07) is 9.82. The molecule has 0 unspecified atom stereocenters. The molecule has 0 heterocycles. The first-order valence-corrected chi connectivity index (χ1v) is 5.35. The molecule has 0 aromatic heterocycles. The van der Waals surface area contributed by atoms with Gasteiger partial charge in [-0.2, -0.15) is 0 Å². The van der Waals surface area contributed by atoms with Crippen molar-refractivity contribution in [1.82, 2.24) is 4.90 Å². The molecule has 0 saturated carbocycles. The van der Waals surface area contributed by atoms with Crippen LogP contribution in [0, 0.1) is 0 Å². The molecule has 2 N–H and O–H groups in total. The van der Waals surface area contributed by atoms with Crippen LogP contribution in [0.1, 0.15) is 12.0 Å². The van der Waals surface area contributed by atoms with Crippen molar-refractivity contribution in [3.63, 3.8) is 0 Å². The van der Waals surface area contributed by atoms with E-state index in [4.69, 9.17) is 10.5 Å². The Morgan fingerprint density at radius 1 is 1.38 bits per heavy atom. The highest BCUT2D eigenvalue weighted by atomic mass is 16.5. The number of amides is 1. The maximum Gasteiger partial charge on any atom is 0.409 e. The minimum atomic E-state index is -0.308. The van der Waals surface area contributed by atoms with Crippen LogP contribution in [0.15, 0.2) is 30.3 Å². The van der Waals surface area contributed by atoms with Gasteiger partial charge in [0.15, 0.2) is 0 Å². The van der Waals surface area contributed by atoms with E-state index in [1.165, 1.54) is 7.11 Å². The molecule has 0 bridgehead atoms. The first kappa shape index (κ1) is 12.5. The predicted molar refractivity (Wildman–Crippen MR) is 62.9 cm³/mol. The number of hydrogen-bond donors (Lipinski definition) is 1. The molecule has 1 aromatic rings. The molecule has 0 fully saturated rings. The molecule has 1 aromatic carbocycles. The van der Waals surface area contributed by atoms with Gasteiger partial charge < -0.3 is 15.4 Å². The van der Waals surface area contributed by atoms with E-state index >= 15 is 0 Å². The predicted octanol–water partition coefficient (Wildman–Crippen LogP) is 1.60. The lowest BCUT2D eigenvalue weighted by Crippen LogP contribution is -2.32. The fourth-order valence-electron chi connectivity index (χ4n) is 1.45. The van der Waals surface area contributed by atoms with E-state index in [0.29, 0.717) is 19.6 Å². The summed E-state index contributed by atoms with van der Waals surface area (Å²) in [4.78, 5) is 13.1. The van der Waals surface area contributed by atoms with Crippen molar-refractivity contribution in [3.8, 4) is 0 Å². The molecule has 0 atom stereocenters. The molecule has 0 radical (unpaired) electrons. The van der Waals surface area contributed by atoms with Crippen molar-refractivity contribution in [1.29, 1.82) is 0 Å². The van der Waals surface area contributed by atoms with E-state index in [0.717, 1.165) is 12.0 Å². The number of ether oxygens (including phenoxy) is 1. The Labute approximate surface area is 96.0 Å². The Balaban J connectivity index is 2.59. The minimum absolute atomic E-state index is 0.308. The Bertz CT molecular complexity index is 314. The summed E-state index contributed by atoms with van der Waals surface area (Å²) < 4.78 is 4.73. The monoisotopic (exact) mass is 222 g/mol. The van der Waals surface area contributed by atoms with Crippen LogP contribution in [0.3, 0.4) is 0 Å². The Hall–Kier alpha value is -1.55. The van der Waals surface area contributed by atoms with Gasteiger partial charge in [-0.1, -0.05) is 30.3 Å². The van der Waals surface area contributed by atoms with E-state index in [1.54, 1.807) is 4.90 Å². The summed E-state index contributed by atoms with van der Waals surface area (Å²) in [5.74, 6) is 0. The summed E-state index contributed by atoms with van der Waals surface area (Å²) in [7, 11) is 1.39. The van der Waals surface area contributed by atoms with Gasteiger partial charge in [0.05, 0.1) is 7.11 Å². The molecular weight excluding hydrogens is 204 g/mol. The lowest BCUT2D eigenvalue weighted by molar-refractivity contribution is 0.120. The molecule has 88 valence electrons. The van der Waals surface area contributed by atoms with Crippen molar-refractivity contribution in [3.05, 3.63) is 35.9 Å². The molecule has 0 aliphatic heterocycles. The Kier molecular flexibility index (Phi) is 5.36. The Morgan fingerprint density at radius 2 is 2.06 bits per heavy atom. The lowest BCUT2D eigenvalue weighted by Gasteiger charge is -2.20. The SMILES string of the molecule is COC(=O)N(CCCN)Cc1ccccc1. The van der Waals surface area contributed by atoms with E-state index in [9.17, 15) is 4.79 Å². The van der Waals surface area contributed by atoms with Crippen LogP contribution in [0.25, 0.3) is 0 Å².